The third-order valence-corrected chi connectivity index (χ3v) is 15.5. The van der Waals surface area contributed by atoms with Crippen molar-refractivity contribution >= 4 is 11.9 Å². The van der Waals surface area contributed by atoms with Crippen LogP contribution in [-0.2, 0) is 14.3 Å². The molecule has 2 unspecified atom stereocenters. The summed E-state index contributed by atoms with van der Waals surface area (Å²) in [6.07, 6.45) is 77.9. The lowest BCUT2D eigenvalue weighted by molar-refractivity contribution is -0.143. The summed E-state index contributed by atoms with van der Waals surface area (Å²) in [5.74, 6) is -0.122. The third kappa shape index (κ3) is 59.4. The van der Waals surface area contributed by atoms with Gasteiger partial charge in [0.2, 0.25) is 5.91 Å². The van der Waals surface area contributed by atoms with E-state index in [0.717, 1.165) is 51.4 Å². The van der Waals surface area contributed by atoms with Crippen LogP contribution in [0, 0.1) is 0 Å². The largest absolute Gasteiger partial charge is 0.466 e. The molecular formula is C67H129NO5. The zero-order valence-electron chi connectivity index (χ0n) is 49.4. The number of hydrogen-bond donors (Lipinski definition) is 3. The normalized spacial score (nSPS) is 12.7. The van der Waals surface area contributed by atoms with Gasteiger partial charge in [-0.1, -0.05) is 334 Å². The Labute approximate surface area is 456 Å². The number of nitrogens with one attached hydrogen (secondary N) is 1. The van der Waals surface area contributed by atoms with Crippen molar-refractivity contribution in [1.29, 1.82) is 0 Å². The van der Waals surface area contributed by atoms with Crippen molar-refractivity contribution in [2.45, 2.75) is 379 Å². The van der Waals surface area contributed by atoms with Crippen LogP contribution >= 0.6 is 0 Å². The molecule has 0 aromatic rings. The lowest BCUT2D eigenvalue weighted by Crippen LogP contribution is -2.45. The molecule has 73 heavy (non-hydrogen) atoms. The summed E-state index contributed by atoms with van der Waals surface area (Å²) in [5.41, 5.74) is 0. The standard InChI is InChI=1S/C67H129NO5/c1-3-5-7-9-11-13-15-17-19-21-23-24-25-26-27-29-30-32-35-39-43-47-51-55-59-65(70)64(63-69)68-66(71)60-56-52-48-44-40-36-34-38-42-46-50-54-58-62-73-67(72)61-57-53-49-45-41-37-33-31-28-22-20-18-16-14-12-10-8-6-4-2/h36,40,48,52,64-65,69-70H,3-35,37-39,41-47,49-51,53-63H2,1-2H3,(H,68,71)/b40-36-,52-48-. The molecule has 0 saturated carbocycles. The lowest BCUT2D eigenvalue weighted by atomic mass is 10.0. The van der Waals surface area contributed by atoms with Gasteiger partial charge < -0.3 is 20.3 Å². The molecule has 2 atom stereocenters. The molecule has 0 saturated heterocycles. The molecule has 6 nitrogen and oxygen atoms in total. The van der Waals surface area contributed by atoms with Gasteiger partial charge >= 0.3 is 5.97 Å². The van der Waals surface area contributed by atoms with E-state index in [9.17, 15) is 19.8 Å². The molecule has 432 valence electrons. The quantitative estimate of drug-likeness (QED) is 0.0320. The number of aliphatic hydroxyl groups excluding tert-OH is 2. The fourth-order valence-corrected chi connectivity index (χ4v) is 10.5. The first-order chi connectivity index (χ1) is 36.0. The highest BCUT2D eigenvalue weighted by Crippen LogP contribution is 2.19. The van der Waals surface area contributed by atoms with Gasteiger partial charge in [0.25, 0.3) is 0 Å². The molecule has 0 rings (SSSR count). The summed E-state index contributed by atoms with van der Waals surface area (Å²) in [4.78, 5) is 24.6. The van der Waals surface area contributed by atoms with Gasteiger partial charge in [-0.25, -0.2) is 0 Å². The Morgan fingerprint density at radius 3 is 1.07 bits per heavy atom. The topological polar surface area (TPSA) is 95.9 Å². The number of allylic oxidation sites excluding steroid dienone is 4. The van der Waals surface area contributed by atoms with Crippen LogP contribution in [0.5, 0.6) is 0 Å². The van der Waals surface area contributed by atoms with E-state index in [4.69, 9.17) is 4.74 Å². The SMILES string of the molecule is CCCCCCCCCCCCCCCCCCCCCCCCCCC(O)C(CO)NC(=O)CC/C=C\C/C=C\CCCCCCCCOC(=O)CCCCCCCCCCCCCCCCCCCCC. The predicted molar refractivity (Wildman–Crippen MR) is 320 cm³/mol. The molecule has 0 spiro atoms. The molecule has 0 aromatic heterocycles. The second kappa shape index (κ2) is 62.9. The first-order valence-corrected chi connectivity index (χ1v) is 33.1. The van der Waals surface area contributed by atoms with Crippen LogP contribution in [0.3, 0.4) is 0 Å². The van der Waals surface area contributed by atoms with Crippen molar-refractivity contribution in [3.63, 3.8) is 0 Å². The molecule has 0 heterocycles. The summed E-state index contributed by atoms with van der Waals surface area (Å²) in [6, 6.07) is -0.587. The number of carbonyl (C=O) groups is 2. The summed E-state index contributed by atoms with van der Waals surface area (Å²) in [6.45, 7) is 4.93. The summed E-state index contributed by atoms with van der Waals surface area (Å²) < 4.78 is 5.49. The number of rotatable bonds is 62. The van der Waals surface area contributed by atoms with E-state index in [1.807, 2.05) is 0 Å². The molecule has 0 fully saturated rings. The van der Waals surface area contributed by atoms with Crippen molar-refractivity contribution in [3.8, 4) is 0 Å². The minimum atomic E-state index is -0.700. The number of hydrogen-bond acceptors (Lipinski definition) is 5. The zero-order valence-corrected chi connectivity index (χ0v) is 49.4. The van der Waals surface area contributed by atoms with E-state index in [1.165, 1.54) is 276 Å². The molecule has 6 heteroatoms. The average Bonchev–Trinajstić information content (AvgIpc) is 3.39. The molecule has 0 aliphatic rings. The Morgan fingerprint density at radius 2 is 0.699 bits per heavy atom. The maximum absolute atomic E-state index is 12.5. The van der Waals surface area contributed by atoms with Gasteiger partial charge in [0.05, 0.1) is 25.4 Å². The van der Waals surface area contributed by atoms with Gasteiger partial charge in [0, 0.05) is 12.8 Å². The first kappa shape index (κ1) is 71.3. The van der Waals surface area contributed by atoms with E-state index in [-0.39, 0.29) is 18.5 Å². The van der Waals surface area contributed by atoms with E-state index in [0.29, 0.717) is 32.3 Å². The van der Waals surface area contributed by atoms with Crippen molar-refractivity contribution in [2.24, 2.45) is 0 Å². The van der Waals surface area contributed by atoms with Gasteiger partial charge in [0.15, 0.2) is 0 Å². The van der Waals surface area contributed by atoms with Crippen LogP contribution < -0.4 is 5.32 Å². The number of aliphatic hydroxyl groups is 2. The molecular weight excluding hydrogens is 899 g/mol. The van der Waals surface area contributed by atoms with E-state index in [2.05, 4.69) is 43.5 Å². The minimum Gasteiger partial charge on any atom is -0.466 e. The molecule has 0 aliphatic heterocycles. The second-order valence-corrected chi connectivity index (χ2v) is 22.8. The van der Waals surface area contributed by atoms with E-state index < -0.39 is 12.1 Å². The van der Waals surface area contributed by atoms with Crippen LogP contribution in [0.25, 0.3) is 0 Å². The van der Waals surface area contributed by atoms with E-state index in [1.54, 1.807) is 0 Å². The molecule has 0 bridgehead atoms. The summed E-state index contributed by atoms with van der Waals surface area (Å²) >= 11 is 0. The summed E-state index contributed by atoms with van der Waals surface area (Å²) in [5, 5.41) is 23.3. The van der Waals surface area contributed by atoms with Gasteiger partial charge in [-0.3, -0.25) is 9.59 Å². The van der Waals surface area contributed by atoms with Crippen molar-refractivity contribution in [1.82, 2.24) is 5.32 Å². The van der Waals surface area contributed by atoms with Crippen molar-refractivity contribution < 1.29 is 24.5 Å². The van der Waals surface area contributed by atoms with E-state index >= 15 is 0 Å². The number of carbonyl (C=O) groups excluding carboxylic acids is 2. The molecule has 1 amide bonds. The molecule has 0 radical (unpaired) electrons. The van der Waals surface area contributed by atoms with Crippen LogP contribution in [0.2, 0.25) is 0 Å². The number of unbranched alkanes of at least 4 members (excludes halogenated alkanes) is 47. The summed E-state index contributed by atoms with van der Waals surface area (Å²) in [7, 11) is 0. The molecule has 0 aromatic carbocycles. The first-order valence-electron chi connectivity index (χ1n) is 33.1. The second-order valence-electron chi connectivity index (χ2n) is 22.8. The number of amides is 1. The fourth-order valence-electron chi connectivity index (χ4n) is 10.5. The highest BCUT2D eigenvalue weighted by molar-refractivity contribution is 5.76. The van der Waals surface area contributed by atoms with Crippen molar-refractivity contribution in [3.05, 3.63) is 24.3 Å². The molecule has 3 N–H and O–H groups in total. The maximum atomic E-state index is 12.5. The minimum absolute atomic E-state index is 0.0110. The predicted octanol–water partition coefficient (Wildman–Crippen LogP) is 21.0. The Balaban J connectivity index is 3.49. The van der Waals surface area contributed by atoms with Gasteiger partial charge in [-0.2, -0.15) is 0 Å². The molecule has 0 aliphatic carbocycles. The fraction of sp³-hybridized carbons (Fsp3) is 0.910. The van der Waals surface area contributed by atoms with Crippen LogP contribution in [0.4, 0.5) is 0 Å². The zero-order chi connectivity index (χ0) is 52.9. The maximum Gasteiger partial charge on any atom is 0.305 e. The smallest absolute Gasteiger partial charge is 0.305 e. The highest BCUT2D eigenvalue weighted by Gasteiger charge is 2.20. The monoisotopic (exact) mass is 1030 g/mol. The lowest BCUT2D eigenvalue weighted by Gasteiger charge is -2.22. The highest BCUT2D eigenvalue weighted by atomic mass is 16.5. The van der Waals surface area contributed by atoms with Crippen LogP contribution in [0.1, 0.15) is 367 Å². The van der Waals surface area contributed by atoms with Gasteiger partial charge in [0.1, 0.15) is 0 Å². The Morgan fingerprint density at radius 1 is 0.384 bits per heavy atom. The number of ether oxygens (including phenoxy) is 1. The Hall–Kier alpha value is -1.66. The third-order valence-electron chi connectivity index (χ3n) is 15.5. The van der Waals surface area contributed by atoms with Crippen molar-refractivity contribution in [2.75, 3.05) is 13.2 Å². The van der Waals surface area contributed by atoms with Gasteiger partial charge in [-0.15, -0.1) is 0 Å². The Kier molecular flexibility index (Phi) is 61.4. The van der Waals surface area contributed by atoms with Crippen LogP contribution in [-0.4, -0.2) is 47.4 Å². The average molecular weight is 1030 g/mol. The number of esters is 1. The van der Waals surface area contributed by atoms with Gasteiger partial charge in [-0.05, 0) is 44.9 Å². The Bertz CT molecular complexity index is 1140. The van der Waals surface area contributed by atoms with Crippen LogP contribution in [0.15, 0.2) is 24.3 Å².